The zero-order valence-electron chi connectivity index (χ0n) is 14.8. The summed E-state index contributed by atoms with van der Waals surface area (Å²) < 4.78 is 15.2. The van der Waals surface area contributed by atoms with E-state index in [1.165, 1.54) is 17.7 Å². The van der Waals surface area contributed by atoms with Crippen LogP contribution in [0, 0.1) is 13.8 Å². The minimum atomic E-state index is -4.80. The Morgan fingerprint density at radius 1 is 1.00 bits per heavy atom. The van der Waals surface area contributed by atoms with Crippen molar-refractivity contribution in [3.8, 4) is 5.75 Å². The summed E-state index contributed by atoms with van der Waals surface area (Å²) in [4.78, 5) is 28.5. The Morgan fingerprint density at radius 2 is 1.59 bits per heavy atom. The zero-order chi connectivity index (χ0) is 20.2. The van der Waals surface area contributed by atoms with Crippen LogP contribution in [0.25, 0.3) is 10.8 Å². The molecule has 3 aromatic rings. The van der Waals surface area contributed by atoms with E-state index in [1.54, 1.807) is 24.3 Å². The van der Waals surface area contributed by atoms with Gasteiger partial charge in [0, 0.05) is 5.69 Å². The van der Waals surface area contributed by atoms with Crippen LogP contribution in [0.4, 0.5) is 5.69 Å². The van der Waals surface area contributed by atoms with Crippen molar-refractivity contribution in [1.82, 2.24) is 0 Å². The van der Waals surface area contributed by atoms with Crippen LogP contribution < -0.4 is 10.3 Å². The molecule has 0 fully saturated rings. The molecule has 3 aromatic carbocycles. The number of carboxylic acids is 1. The second kappa shape index (κ2) is 8.22. The molecule has 0 aliphatic carbocycles. The highest BCUT2D eigenvalue weighted by Crippen LogP contribution is 2.40. The van der Waals surface area contributed by atoms with Gasteiger partial charge in [-0.25, -0.2) is 9.36 Å². The lowest BCUT2D eigenvalue weighted by Crippen LogP contribution is -2.01. The topological polar surface area (TPSA) is 130 Å². The first-order valence-corrected chi connectivity index (χ1v) is 9.44. The van der Waals surface area contributed by atoms with Gasteiger partial charge in [-0.1, -0.05) is 42.0 Å². The first kappa shape index (κ1) is 20.5. The number of aromatic carboxylic acids is 1. The van der Waals surface area contributed by atoms with Crippen LogP contribution in [-0.4, -0.2) is 20.9 Å². The molecule has 27 heavy (non-hydrogen) atoms. The lowest BCUT2D eigenvalue weighted by atomic mass is 10.1. The number of phosphoric acid groups is 1. The number of nitrogens with two attached hydrogens (primary N) is 1. The van der Waals surface area contributed by atoms with Crippen molar-refractivity contribution in [3.63, 3.8) is 0 Å². The van der Waals surface area contributed by atoms with Crippen LogP contribution >= 0.6 is 7.82 Å². The van der Waals surface area contributed by atoms with Gasteiger partial charge in [-0.15, -0.1) is 0 Å². The Kier molecular flexibility index (Phi) is 6.23. The predicted octanol–water partition coefficient (Wildman–Crippen LogP) is 3.90. The average Bonchev–Trinajstić information content (AvgIpc) is 2.57. The third kappa shape index (κ3) is 5.82. The summed E-state index contributed by atoms with van der Waals surface area (Å²) in [6.07, 6.45) is 0. The smallest absolute Gasteiger partial charge is 0.478 e. The van der Waals surface area contributed by atoms with Crippen LogP contribution in [0.1, 0.15) is 21.5 Å². The van der Waals surface area contributed by atoms with Gasteiger partial charge in [0.25, 0.3) is 0 Å². The summed E-state index contributed by atoms with van der Waals surface area (Å²) in [7, 11) is -4.80. The summed E-state index contributed by atoms with van der Waals surface area (Å²) in [5.74, 6) is -1.67. The van der Waals surface area contributed by atoms with E-state index in [2.05, 4.69) is 17.5 Å². The van der Waals surface area contributed by atoms with E-state index in [4.69, 9.17) is 20.6 Å². The van der Waals surface area contributed by atoms with Gasteiger partial charge in [0.15, 0.2) is 0 Å². The average molecular weight is 389 g/mol. The lowest BCUT2D eigenvalue weighted by Gasteiger charge is -2.10. The van der Waals surface area contributed by atoms with Gasteiger partial charge >= 0.3 is 13.8 Å². The highest BCUT2D eigenvalue weighted by Gasteiger charge is 2.21. The van der Waals surface area contributed by atoms with E-state index >= 15 is 0 Å². The van der Waals surface area contributed by atoms with Crippen molar-refractivity contribution in [2.45, 2.75) is 13.8 Å². The second-order valence-electron chi connectivity index (χ2n) is 5.94. The van der Waals surface area contributed by atoms with Crippen molar-refractivity contribution >= 4 is 30.3 Å². The van der Waals surface area contributed by atoms with E-state index in [0.717, 1.165) is 11.3 Å². The number of fused-ring (bicyclic) bond motifs is 1. The number of nitrogen functional groups attached to an aromatic ring is 1. The first-order valence-electron chi connectivity index (χ1n) is 7.91. The fourth-order valence-electron chi connectivity index (χ4n) is 2.42. The highest BCUT2D eigenvalue weighted by atomic mass is 31.2. The number of phosphoric ester groups is 1. The molecule has 0 heterocycles. The van der Waals surface area contributed by atoms with Crippen LogP contribution in [0.3, 0.4) is 0 Å². The molecule has 7 nitrogen and oxygen atoms in total. The van der Waals surface area contributed by atoms with Gasteiger partial charge in [0.2, 0.25) is 0 Å². The van der Waals surface area contributed by atoms with Crippen molar-refractivity contribution < 1.29 is 28.8 Å². The van der Waals surface area contributed by atoms with Crippen molar-refractivity contribution in [2.24, 2.45) is 0 Å². The number of aryl methyl sites for hydroxylation is 2. The molecule has 8 heteroatoms. The third-order valence-corrected chi connectivity index (χ3v) is 4.16. The van der Waals surface area contributed by atoms with E-state index in [9.17, 15) is 9.36 Å². The van der Waals surface area contributed by atoms with Gasteiger partial charge in [-0.2, -0.15) is 0 Å². The molecule has 0 amide bonds. The molecule has 0 saturated heterocycles. The standard InChI is InChI=1S/C11H9O6P.C8H11N/c12-11(13)9-5-7-3-1-2-4-8(7)6-10(9)17-18(14,15)16;1-6-3-4-8(9)7(2)5-6/h1-6H,(H,12,13)(H2,14,15,16);3-5H,9H2,1-2H3. The van der Waals surface area contributed by atoms with Crippen LogP contribution in [0.5, 0.6) is 5.75 Å². The quantitative estimate of drug-likeness (QED) is 0.395. The zero-order valence-corrected chi connectivity index (χ0v) is 15.7. The summed E-state index contributed by atoms with van der Waals surface area (Å²) >= 11 is 0. The largest absolute Gasteiger partial charge is 0.524 e. The number of rotatable bonds is 3. The Bertz CT molecular complexity index is 1030. The minimum absolute atomic E-state index is 0.294. The fourth-order valence-corrected chi connectivity index (χ4v) is 2.82. The molecule has 0 bridgehead atoms. The van der Waals surface area contributed by atoms with E-state index in [-0.39, 0.29) is 11.3 Å². The Labute approximate surface area is 156 Å². The molecular weight excluding hydrogens is 369 g/mol. The van der Waals surface area contributed by atoms with Crippen LogP contribution in [0.15, 0.2) is 54.6 Å². The summed E-state index contributed by atoms with van der Waals surface area (Å²) in [5.41, 5.74) is 8.60. The molecule has 142 valence electrons. The second-order valence-corrected chi connectivity index (χ2v) is 7.11. The molecular formula is C19H20NO6P. The summed E-state index contributed by atoms with van der Waals surface area (Å²) in [6.45, 7) is 4.08. The van der Waals surface area contributed by atoms with Crippen molar-refractivity contribution in [2.75, 3.05) is 5.73 Å². The number of hydrogen-bond acceptors (Lipinski definition) is 4. The lowest BCUT2D eigenvalue weighted by molar-refractivity contribution is 0.0695. The van der Waals surface area contributed by atoms with Gasteiger partial charge in [0.05, 0.1) is 0 Å². The Balaban J connectivity index is 0.000000244. The maximum absolute atomic E-state index is 11.0. The van der Waals surface area contributed by atoms with Crippen molar-refractivity contribution in [1.29, 1.82) is 0 Å². The SMILES string of the molecule is Cc1ccc(N)c(C)c1.O=C(O)c1cc2ccccc2cc1OP(=O)(O)O. The number of carbonyl (C=O) groups is 1. The molecule has 0 aromatic heterocycles. The normalized spacial score (nSPS) is 10.8. The molecule has 0 radical (unpaired) electrons. The molecule has 0 spiro atoms. The summed E-state index contributed by atoms with van der Waals surface area (Å²) in [5, 5.41) is 10.3. The van der Waals surface area contributed by atoms with Gasteiger partial charge in [0.1, 0.15) is 11.3 Å². The molecule has 0 aliphatic rings. The third-order valence-electron chi connectivity index (χ3n) is 3.72. The molecule has 0 atom stereocenters. The highest BCUT2D eigenvalue weighted by molar-refractivity contribution is 7.46. The van der Waals surface area contributed by atoms with Crippen LogP contribution in [-0.2, 0) is 4.57 Å². The predicted molar refractivity (Wildman–Crippen MR) is 104 cm³/mol. The van der Waals surface area contributed by atoms with Gasteiger partial charge < -0.3 is 15.4 Å². The number of hydrogen-bond donors (Lipinski definition) is 4. The van der Waals surface area contributed by atoms with E-state index in [0.29, 0.717) is 10.8 Å². The van der Waals surface area contributed by atoms with E-state index in [1.807, 2.05) is 19.1 Å². The number of benzene rings is 3. The number of carboxylic acid groups (broad SMARTS) is 1. The van der Waals surface area contributed by atoms with E-state index < -0.39 is 13.8 Å². The Hall–Kier alpha value is -2.86. The molecule has 5 N–H and O–H groups in total. The first-order chi connectivity index (χ1) is 12.6. The number of anilines is 1. The fraction of sp³-hybridized carbons (Fsp3) is 0.105. The van der Waals surface area contributed by atoms with Crippen LogP contribution in [0.2, 0.25) is 0 Å². The summed E-state index contributed by atoms with van der Waals surface area (Å²) in [6, 6.07) is 15.5. The maximum Gasteiger partial charge on any atom is 0.524 e. The minimum Gasteiger partial charge on any atom is -0.478 e. The molecule has 0 unspecified atom stereocenters. The molecule has 0 saturated carbocycles. The van der Waals surface area contributed by atoms with Crippen molar-refractivity contribution in [3.05, 3.63) is 71.3 Å². The molecule has 3 rings (SSSR count). The molecule has 0 aliphatic heterocycles. The monoisotopic (exact) mass is 389 g/mol. The van der Waals surface area contributed by atoms with Gasteiger partial charge in [-0.3, -0.25) is 9.79 Å². The van der Waals surface area contributed by atoms with Gasteiger partial charge in [-0.05, 0) is 48.4 Å². The maximum atomic E-state index is 11.0. The Morgan fingerprint density at radius 3 is 2.07 bits per heavy atom.